The summed E-state index contributed by atoms with van der Waals surface area (Å²) in [4.78, 5) is 0.375. The Morgan fingerprint density at radius 2 is 1.73 bits per heavy atom. The predicted molar refractivity (Wildman–Crippen MR) is 66.1 cm³/mol. The van der Waals surface area contributed by atoms with Crippen molar-refractivity contribution in [2.75, 3.05) is 11.6 Å². The lowest BCUT2D eigenvalue weighted by Crippen LogP contribution is -2.06. The van der Waals surface area contributed by atoms with E-state index < -0.39 is 9.84 Å². The standard InChI is InChI=1S/C10H12BrClO2S/c11-9-3-5-10(6-4-9)15(13,14)8-2-1-7-12/h3-6H,1-2,7-8H2. The fourth-order valence-corrected chi connectivity index (χ4v) is 2.97. The van der Waals surface area contributed by atoms with Crippen LogP contribution in [0.3, 0.4) is 0 Å². The molecule has 0 fully saturated rings. The molecule has 0 aliphatic rings. The molecule has 0 N–H and O–H groups in total. The van der Waals surface area contributed by atoms with Crippen LogP contribution < -0.4 is 0 Å². The Labute approximate surface area is 104 Å². The molecule has 0 radical (unpaired) electrons. The van der Waals surface area contributed by atoms with Gasteiger partial charge in [-0.15, -0.1) is 11.6 Å². The monoisotopic (exact) mass is 310 g/mol. The van der Waals surface area contributed by atoms with Crippen LogP contribution in [-0.4, -0.2) is 20.1 Å². The number of unbranched alkanes of at least 4 members (excludes halogenated alkanes) is 1. The first-order chi connectivity index (χ1) is 7.06. The van der Waals surface area contributed by atoms with Gasteiger partial charge in [0, 0.05) is 10.4 Å². The normalized spacial score (nSPS) is 11.6. The minimum absolute atomic E-state index is 0.168. The first-order valence-corrected chi connectivity index (χ1v) is 7.58. The third kappa shape index (κ3) is 4.13. The van der Waals surface area contributed by atoms with Crippen LogP contribution in [0.1, 0.15) is 12.8 Å². The Balaban J connectivity index is 2.73. The second kappa shape index (κ2) is 5.87. The molecule has 0 aromatic heterocycles. The Morgan fingerprint density at radius 1 is 1.13 bits per heavy atom. The highest BCUT2D eigenvalue weighted by Gasteiger charge is 2.13. The number of sulfone groups is 1. The average Bonchev–Trinajstić information content (AvgIpc) is 2.18. The van der Waals surface area contributed by atoms with Crippen molar-refractivity contribution in [3.8, 4) is 0 Å². The van der Waals surface area contributed by atoms with Crippen molar-refractivity contribution >= 4 is 37.4 Å². The molecule has 84 valence electrons. The van der Waals surface area contributed by atoms with Crippen LogP contribution in [0.2, 0.25) is 0 Å². The van der Waals surface area contributed by atoms with Gasteiger partial charge >= 0.3 is 0 Å². The highest BCUT2D eigenvalue weighted by atomic mass is 79.9. The molecular weight excluding hydrogens is 300 g/mol. The lowest BCUT2D eigenvalue weighted by Gasteiger charge is -2.03. The number of benzene rings is 1. The molecule has 1 aromatic carbocycles. The minimum Gasteiger partial charge on any atom is -0.224 e. The van der Waals surface area contributed by atoms with Gasteiger partial charge in [-0.05, 0) is 37.1 Å². The van der Waals surface area contributed by atoms with Gasteiger partial charge in [0.15, 0.2) is 9.84 Å². The number of hydrogen-bond donors (Lipinski definition) is 0. The van der Waals surface area contributed by atoms with Gasteiger partial charge in [-0.3, -0.25) is 0 Å². The molecule has 0 aliphatic carbocycles. The van der Waals surface area contributed by atoms with E-state index in [1.807, 2.05) is 0 Å². The number of halogens is 2. The van der Waals surface area contributed by atoms with E-state index >= 15 is 0 Å². The quantitative estimate of drug-likeness (QED) is 0.618. The summed E-state index contributed by atoms with van der Waals surface area (Å²) >= 11 is 8.76. The molecule has 0 atom stereocenters. The fourth-order valence-electron chi connectivity index (χ4n) is 1.15. The van der Waals surface area contributed by atoms with Gasteiger partial charge in [0.05, 0.1) is 10.6 Å². The van der Waals surface area contributed by atoms with Crippen LogP contribution in [0, 0.1) is 0 Å². The zero-order valence-electron chi connectivity index (χ0n) is 8.12. The van der Waals surface area contributed by atoms with Crippen LogP contribution in [0.25, 0.3) is 0 Å². The van der Waals surface area contributed by atoms with Crippen molar-refractivity contribution in [1.29, 1.82) is 0 Å². The first-order valence-electron chi connectivity index (χ1n) is 4.60. The Bertz CT molecular complexity index is 400. The van der Waals surface area contributed by atoms with Crippen molar-refractivity contribution in [2.45, 2.75) is 17.7 Å². The maximum absolute atomic E-state index is 11.8. The van der Waals surface area contributed by atoms with Gasteiger partial charge < -0.3 is 0 Å². The summed E-state index contributed by atoms with van der Waals surface area (Å²) in [5.74, 6) is 0.678. The third-order valence-corrected chi connectivity index (χ3v) is 4.58. The van der Waals surface area contributed by atoms with Crippen LogP contribution in [0.15, 0.2) is 33.6 Å². The molecule has 0 amide bonds. The third-order valence-electron chi connectivity index (χ3n) is 1.97. The molecule has 2 nitrogen and oxygen atoms in total. The number of hydrogen-bond acceptors (Lipinski definition) is 2. The summed E-state index contributed by atoms with van der Waals surface area (Å²) in [5.41, 5.74) is 0. The number of alkyl halides is 1. The first kappa shape index (κ1) is 13.0. The van der Waals surface area contributed by atoms with E-state index in [2.05, 4.69) is 15.9 Å². The fraction of sp³-hybridized carbons (Fsp3) is 0.400. The molecule has 0 heterocycles. The van der Waals surface area contributed by atoms with Gasteiger partial charge in [0.2, 0.25) is 0 Å². The van der Waals surface area contributed by atoms with E-state index in [9.17, 15) is 8.42 Å². The zero-order valence-corrected chi connectivity index (χ0v) is 11.3. The molecule has 0 spiro atoms. The van der Waals surface area contributed by atoms with Crippen LogP contribution in [-0.2, 0) is 9.84 Å². The summed E-state index contributed by atoms with van der Waals surface area (Å²) in [6, 6.07) is 6.68. The maximum Gasteiger partial charge on any atom is 0.178 e. The lowest BCUT2D eigenvalue weighted by atomic mass is 10.4. The van der Waals surface area contributed by atoms with Crippen LogP contribution in [0.4, 0.5) is 0 Å². The van der Waals surface area contributed by atoms with E-state index in [-0.39, 0.29) is 5.75 Å². The van der Waals surface area contributed by atoms with Crippen molar-refractivity contribution in [2.24, 2.45) is 0 Å². The molecule has 0 bridgehead atoms. The molecule has 1 rings (SSSR count). The molecular formula is C10H12BrClO2S. The van der Waals surface area contributed by atoms with Crippen molar-refractivity contribution in [3.05, 3.63) is 28.7 Å². The second-order valence-electron chi connectivity index (χ2n) is 3.17. The Hall–Kier alpha value is -0.0600. The summed E-state index contributed by atoms with van der Waals surface area (Å²) in [7, 11) is -3.13. The summed E-state index contributed by atoms with van der Waals surface area (Å²) in [5, 5.41) is 0. The topological polar surface area (TPSA) is 34.1 Å². The van der Waals surface area contributed by atoms with Crippen LogP contribution in [0.5, 0.6) is 0 Å². The second-order valence-corrected chi connectivity index (χ2v) is 6.57. The van der Waals surface area contributed by atoms with Crippen molar-refractivity contribution in [3.63, 3.8) is 0 Å². The van der Waals surface area contributed by atoms with Crippen LogP contribution >= 0.6 is 27.5 Å². The summed E-state index contributed by atoms with van der Waals surface area (Å²) < 4.78 is 24.4. The van der Waals surface area contributed by atoms with Gasteiger partial charge in [-0.2, -0.15) is 0 Å². The molecule has 1 aromatic rings. The Morgan fingerprint density at radius 3 is 2.27 bits per heavy atom. The summed E-state index contributed by atoms with van der Waals surface area (Å²) in [6.07, 6.45) is 1.35. The predicted octanol–water partition coefficient (Wildman–Crippen LogP) is 3.24. The van der Waals surface area contributed by atoms with E-state index in [4.69, 9.17) is 11.6 Å². The zero-order chi connectivity index (χ0) is 11.3. The minimum atomic E-state index is -3.13. The molecule has 0 unspecified atom stereocenters. The van der Waals surface area contributed by atoms with Crippen molar-refractivity contribution in [1.82, 2.24) is 0 Å². The van der Waals surface area contributed by atoms with Gasteiger partial charge in [0.1, 0.15) is 0 Å². The van der Waals surface area contributed by atoms with E-state index in [1.165, 1.54) is 0 Å². The Kier molecular flexibility index (Phi) is 5.09. The largest absolute Gasteiger partial charge is 0.224 e. The van der Waals surface area contributed by atoms with E-state index in [0.717, 1.165) is 10.9 Å². The van der Waals surface area contributed by atoms with Gasteiger partial charge in [-0.25, -0.2) is 8.42 Å². The highest BCUT2D eigenvalue weighted by Crippen LogP contribution is 2.16. The molecule has 0 saturated carbocycles. The molecule has 15 heavy (non-hydrogen) atoms. The van der Waals surface area contributed by atoms with E-state index in [0.29, 0.717) is 17.2 Å². The lowest BCUT2D eigenvalue weighted by molar-refractivity contribution is 0.593. The number of rotatable bonds is 5. The molecule has 5 heteroatoms. The van der Waals surface area contributed by atoms with E-state index in [1.54, 1.807) is 24.3 Å². The SMILES string of the molecule is O=S(=O)(CCCCCl)c1ccc(Br)cc1. The molecule has 0 aliphatic heterocycles. The molecule has 0 saturated heterocycles. The van der Waals surface area contributed by atoms with Gasteiger partial charge in [0.25, 0.3) is 0 Å². The van der Waals surface area contributed by atoms with Gasteiger partial charge in [-0.1, -0.05) is 15.9 Å². The van der Waals surface area contributed by atoms with Crippen molar-refractivity contribution < 1.29 is 8.42 Å². The maximum atomic E-state index is 11.8. The average molecular weight is 312 g/mol. The summed E-state index contributed by atoms with van der Waals surface area (Å²) in [6.45, 7) is 0. The highest BCUT2D eigenvalue weighted by molar-refractivity contribution is 9.10. The smallest absolute Gasteiger partial charge is 0.178 e.